The summed E-state index contributed by atoms with van der Waals surface area (Å²) < 4.78 is 8.80. The van der Waals surface area contributed by atoms with E-state index in [1.807, 2.05) is 18.2 Å². The van der Waals surface area contributed by atoms with Crippen LogP contribution < -0.4 is 4.57 Å². The van der Waals surface area contributed by atoms with Gasteiger partial charge in [0.15, 0.2) is 6.20 Å². The molecule has 4 aromatic rings. The molecule has 0 aliphatic heterocycles. The van der Waals surface area contributed by atoms with E-state index in [0.29, 0.717) is 17.4 Å². The number of pyridine rings is 1. The zero-order valence-electron chi connectivity index (χ0n) is 18.7. The second-order valence-corrected chi connectivity index (χ2v) is 9.00. The first-order valence-electron chi connectivity index (χ1n) is 10.7. The van der Waals surface area contributed by atoms with Crippen molar-refractivity contribution in [3.05, 3.63) is 64.8 Å². The summed E-state index contributed by atoms with van der Waals surface area (Å²) in [5.41, 5.74) is 8.26. The summed E-state index contributed by atoms with van der Waals surface area (Å²) in [5, 5.41) is 12.0. The van der Waals surface area contributed by atoms with Crippen molar-refractivity contribution in [3.8, 4) is 17.3 Å². The van der Waals surface area contributed by atoms with E-state index < -0.39 is 0 Å². The minimum absolute atomic E-state index is 0.312. The van der Waals surface area contributed by atoms with Gasteiger partial charge < -0.3 is 4.42 Å². The maximum atomic E-state index is 9.90. The van der Waals surface area contributed by atoms with Crippen LogP contribution in [0.25, 0.3) is 33.2 Å². The van der Waals surface area contributed by atoms with Crippen LogP contribution in [0.1, 0.15) is 55.9 Å². The van der Waals surface area contributed by atoms with Gasteiger partial charge in [0.2, 0.25) is 5.69 Å². The number of nitrogens with zero attached hydrogens (tertiary/aromatic N) is 2. The molecule has 0 bridgehead atoms. The Labute approximate surface area is 178 Å². The van der Waals surface area contributed by atoms with E-state index in [1.54, 1.807) is 0 Å². The van der Waals surface area contributed by atoms with Crippen LogP contribution in [0.3, 0.4) is 0 Å². The van der Waals surface area contributed by atoms with Crippen molar-refractivity contribution in [1.29, 1.82) is 5.26 Å². The Morgan fingerprint density at radius 2 is 1.80 bits per heavy atom. The van der Waals surface area contributed by atoms with Gasteiger partial charge in [-0.2, -0.15) is 5.26 Å². The molecular formula is C27H29N2O+. The molecule has 0 fully saturated rings. The Kier molecular flexibility index (Phi) is 5.12. The van der Waals surface area contributed by atoms with Crippen LogP contribution in [0.4, 0.5) is 0 Å². The zero-order valence-corrected chi connectivity index (χ0v) is 18.7. The summed E-state index contributed by atoms with van der Waals surface area (Å²) in [7, 11) is 2.06. The van der Waals surface area contributed by atoms with Crippen molar-refractivity contribution in [1.82, 2.24) is 0 Å². The summed E-state index contributed by atoms with van der Waals surface area (Å²) in [5.74, 6) is 0.821. The lowest BCUT2D eigenvalue weighted by Gasteiger charge is -2.12. The maximum absolute atomic E-state index is 9.90. The third-order valence-corrected chi connectivity index (χ3v) is 5.88. The van der Waals surface area contributed by atoms with E-state index in [4.69, 9.17) is 4.42 Å². The number of hydrogen-bond donors (Lipinski definition) is 0. The van der Waals surface area contributed by atoms with Crippen LogP contribution in [0.5, 0.6) is 0 Å². The van der Waals surface area contributed by atoms with Gasteiger partial charge >= 0.3 is 0 Å². The van der Waals surface area contributed by atoms with Crippen molar-refractivity contribution in [2.75, 3.05) is 0 Å². The first kappa shape index (κ1) is 20.2. The lowest BCUT2D eigenvalue weighted by atomic mass is 9.90. The SMILES string of the molecule is Cc1cc(CC(C)C)c2c(oc3c(C(C)C)ccc(C#N)c32)c1-c1cccc[n+]1C. The van der Waals surface area contributed by atoms with Gasteiger partial charge in [-0.25, -0.2) is 4.57 Å². The van der Waals surface area contributed by atoms with Crippen molar-refractivity contribution in [2.24, 2.45) is 13.0 Å². The first-order chi connectivity index (χ1) is 14.3. The average Bonchev–Trinajstić information content (AvgIpc) is 3.08. The molecule has 3 nitrogen and oxygen atoms in total. The van der Waals surface area contributed by atoms with Gasteiger partial charge in [0, 0.05) is 22.9 Å². The number of rotatable bonds is 4. The van der Waals surface area contributed by atoms with Gasteiger partial charge in [0.25, 0.3) is 0 Å². The summed E-state index contributed by atoms with van der Waals surface area (Å²) in [6.45, 7) is 11.0. The second kappa shape index (κ2) is 7.61. The van der Waals surface area contributed by atoms with Crippen LogP contribution in [-0.2, 0) is 13.5 Å². The maximum Gasteiger partial charge on any atom is 0.216 e. The normalized spacial score (nSPS) is 11.7. The third kappa shape index (κ3) is 3.17. The molecule has 0 amide bonds. The topological polar surface area (TPSA) is 40.8 Å². The third-order valence-electron chi connectivity index (χ3n) is 5.88. The quantitative estimate of drug-likeness (QED) is 0.365. The van der Waals surface area contributed by atoms with Crippen LogP contribution in [0, 0.1) is 24.2 Å². The van der Waals surface area contributed by atoms with Gasteiger partial charge in [0.05, 0.1) is 17.2 Å². The Bertz CT molecular complexity index is 1300. The molecule has 2 aromatic carbocycles. The number of furan rings is 1. The molecule has 0 saturated carbocycles. The molecule has 0 N–H and O–H groups in total. The molecular weight excluding hydrogens is 368 g/mol. The molecule has 0 aliphatic carbocycles. The van der Waals surface area contributed by atoms with Gasteiger partial charge in [-0.3, -0.25) is 0 Å². The predicted molar refractivity (Wildman–Crippen MR) is 122 cm³/mol. The van der Waals surface area contributed by atoms with E-state index >= 15 is 0 Å². The molecule has 152 valence electrons. The molecule has 0 unspecified atom stereocenters. The summed E-state index contributed by atoms with van der Waals surface area (Å²) in [4.78, 5) is 0. The minimum atomic E-state index is 0.312. The first-order valence-corrected chi connectivity index (χ1v) is 10.7. The number of nitriles is 1. The van der Waals surface area contributed by atoms with Crippen LogP contribution in [-0.4, -0.2) is 0 Å². The highest BCUT2D eigenvalue weighted by Crippen LogP contribution is 2.43. The largest absolute Gasteiger partial charge is 0.455 e. The van der Waals surface area contributed by atoms with Crippen molar-refractivity contribution >= 4 is 21.9 Å². The summed E-state index contributed by atoms with van der Waals surface area (Å²) in [6, 6.07) is 14.9. The van der Waals surface area contributed by atoms with Crippen LogP contribution in [0.15, 0.2) is 47.0 Å². The summed E-state index contributed by atoms with van der Waals surface area (Å²) >= 11 is 0. The highest BCUT2D eigenvalue weighted by Gasteiger charge is 2.26. The fraction of sp³-hybridized carbons (Fsp3) is 0.333. The van der Waals surface area contributed by atoms with Gasteiger partial charge in [-0.1, -0.05) is 39.8 Å². The minimum Gasteiger partial charge on any atom is -0.455 e. The van der Waals surface area contributed by atoms with Gasteiger partial charge in [-0.15, -0.1) is 0 Å². The van der Waals surface area contributed by atoms with Crippen molar-refractivity contribution < 1.29 is 8.98 Å². The molecule has 3 heteroatoms. The van der Waals surface area contributed by atoms with Crippen LogP contribution >= 0.6 is 0 Å². The highest BCUT2D eigenvalue weighted by molar-refractivity contribution is 6.14. The molecule has 2 aromatic heterocycles. The van der Waals surface area contributed by atoms with E-state index in [2.05, 4.69) is 76.7 Å². The Morgan fingerprint density at radius 3 is 2.43 bits per heavy atom. The zero-order chi connectivity index (χ0) is 21.6. The average molecular weight is 398 g/mol. The fourth-order valence-electron chi connectivity index (χ4n) is 4.54. The molecule has 0 aliphatic rings. The van der Waals surface area contributed by atoms with E-state index in [-0.39, 0.29) is 0 Å². The highest BCUT2D eigenvalue weighted by atomic mass is 16.3. The lowest BCUT2D eigenvalue weighted by molar-refractivity contribution is -0.660. The molecule has 0 saturated heterocycles. The Balaban J connectivity index is 2.25. The molecule has 2 heterocycles. The number of fused-ring (bicyclic) bond motifs is 3. The number of hydrogen-bond acceptors (Lipinski definition) is 2. The Hall–Kier alpha value is -3.12. The number of aryl methyl sites for hydroxylation is 2. The monoisotopic (exact) mass is 397 g/mol. The van der Waals surface area contributed by atoms with Crippen LogP contribution in [0.2, 0.25) is 0 Å². The number of benzene rings is 2. The molecule has 0 spiro atoms. The van der Waals surface area contributed by atoms with E-state index in [1.165, 1.54) is 11.1 Å². The lowest BCUT2D eigenvalue weighted by Crippen LogP contribution is -2.30. The molecule has 30 heavy (non-hydrogen) atoms. The standard InChI is InChI=1S/C27H29N2O/c1-16(2)13-20-14-18(5)23(22-9-7-8-12-29(22)6)27-25(20)24-19(15-28)10-11-21(17(3)4)26(24)30-27/h7-12,14,16-17H,13H2,1-6H3/q+1. The van der Waals surface area contributed by atoms with E-state index in [0.717, 1.165) is 45.2 Å². The fourth-order valence-corrected chi connectivity index (χ4v) is 4.54. The van der Waals surface area contributed by atoms with Crippen molar-refractivity contribution in [3.63, 3.8) is 0 Å². The van der Waals surface area contributed by atoms with Gasteiger partial charge in [0.1, 0.15) is 18.2 Å². The van der Waals surface area contributed by atoms with Crippen molar-refractivity contribution in [2.45, 2.75) is 47.0 Å². The summed E-state index contributed by atoms with van der Waals surface area (Å²) in [6.07, 6.45) is 3.01. The van der Waals surface area contributed by atoms with E-state index in [9.17, 15) is 5.26 Å². The molecule has 0 radical (unpaired) electrons. The second-order valence-electron chi connectivity index (χ2n) is 9.00. The van der Waals surface area contributed by atoms with Gasteiger partial charge in [-0.05, 0) is 54.0 Å². The Morgan fingerprint density at radius 1 is 1.03 bits per heavy atom. The smallest absolute Gasteiger partial charge is 0.216 e. The molecule has 0 atom stereocenters. The molecule has 4 rings (SSSR count). The number of aromatic nitrogens is 1. The predicted octanol–water partition coefficient (Wildman–Crippen LogP) is 6.58.